The van der Waals surface area contributed by atoms with E-state index in [9.17, 15) is 4.79 Å². The lowest BCUT2D eigenvalue weighted by Crippen LogP contribution is -2.49. The van der Waals surface area contributed by atoms with E-state index in [4.69, 9.17) is 0 Å². The normalized spacial score (nSPS) is 21.4. The molecule has 0 bridgehead atoms. The highest BCUT2D eigenvalue weighted by molar-refractivity contribution is 5.76. The summed E-state index contributed by atoms with van der Waals surface area (Å²) in [4.78, 5) is 26.0. The minimum atomic E-state index is 0.359. The zero-order valence-corrected chi connectivity index (χ0v) is 15.3. The minimum Gasteiger partial charge on any atom is -0.353 e. The molecule has 1 aromatic heterocycles. The number of carbonyl (C=O) groups excluding carboxylic acids is 1. The Hall–Kier alpha value is -1.65. The first-order valence-electron chi connectivity index (χ1n) is 10.2. The van der Waals surface area contributed by atoms with Crippen molar-refractivity contribution in [3.8, 4) is 0 Å². The van der Waals surface area contributed by atoms with Crippen molar-refractivity contribution in [1.82, 2.24) is 14.9 Å². The summed E-state index contributed by atoms with van der Waals surface area (Å²) in [6.45, 7) is 3.47. The van der Waals surface area contributed by atoms with Crippen LogP contribution in [0.3, 0.4) is 0 Å². The molecule has 0 spiro atoms. The maximum absolute atomic E-state index is 12.6. The Balaban J connectivity index is 1.28. The molecule has 3 aliphatic rings. The first-order valence-corrected chi connectivity index (χ1v) is 10.2. The number of aryl methyl sites for hydroxylation is 1. The van der Waals surface area contributed by atoms with Crippen LogP contribution >= 0.6 is 0 Å². The summed E-state index contributed by atoms with van der Waals surface area (Å²) >= 11 is 0. The van der Waals surface area contributed by atoms with E-state index in [1.54, 1.807) is 6.33 Å². The van der Waals surface area contributed by atoms with Crippen LogP contribution in [0.4, 0.5) is 5.82 Å². The van der Waals surface area contributed by atoms with Crippen LogP contribution in [-0.4, -0.2) is 47.0 Å². The number of hydrogen-bond acceptors (Lipinski definition) is 4. The predicted octanol–water partition coefficient (Wildman–Crippen LogP) is 2.97. The van der Waals surface area contributed by atoms with Gasteiger partial charge in [0.1, 0.15) is 12.1 Å². The summed E-state index contributed by atoms with van der Waals surface area (Å²) in [5.41, 5.74) is 2.58. The molecule has 0 radical (unpaired) electrons. The van der Waals surface area contributed by atoms with Crippen LogP contribution < -0.4 is 4.90 Å². The second kappa shape index (κ2) is 7.71. The summed E-state index contributed by atoms with van der Waals surface area (Å²) in [6.07, 6.45) is 13.7. The summed E-state index contributed by atoms with van der Waals surface area (Å²) in [5, 5.41) is 0. The van der Waals surface area contributed by atoms with Crippen molar-refractivity contribution >= 4 is 11.7 Å². The van der Waals surface area contributed by atoms with Gasteiger partial charge in [-0.2, -0.15) is 0 Å². The Morgan fingerprint density at radius 1 is 1.00 bits per heavy atom. The SMILES string of the molecule is O=C(CCC1CCCCC1)N1CCN(c2ncnc3c2CCC3)CC1. The highest BCUT2D eigenvalue weighted by Crippen LogP contribution is 2.29. The van der Waals surface area contributed by atoms with Gasteiger partial charge in [0.25, 0.3) is 0 Å². The van der Waals surface area contributed by atoms with Crippen molar-refractivity contribution in [2.45, 2.75) is 64.2 Å². The van der Waals surface area contributed by atoms with Gasteiger partial charge in [-0.05, 0) is 31.6 Å². The zero-order valence-electron chi connectivity index (χ0n) is 15.3. The lowest BCUT2D eigenvalue weighted by atomic mass is 9.86. The van der Waals surface area contributed by atoms with E-state index in [0.29, 0.717) is 5.91 Å². The molecule has 4 rings (SSSR count). The summed E-state index contributed by atoms with van der Waals surface area (Å²) in [6, 6.07) is 0. The van der Waals surface area contributed by atoms with E-state index in [1.807, 2.05) is 0 Å². The van der Waals surface area contributed by atoms with Gasteiger partial charge in [0, 0.05) is 43.9 Å². The molecule has 1 saturated carbocycles. The molecule has 136 valence electrons. The molecule has 1 amide bonds. The second-order valence-electron chi connectivity index (χ2n) is 7.89. The number of rotatable bonds is 4. The van der Waals surface area contributed by atoms with E-state index in [1.165, 1.54) is 49.8 Å². The third-order valence-electron chi connectivity index (χ3n) is 6.28. The van der Waals surface area contributed by atoms with Crippen LogP contribution in [0.5, 0.6) is 0 Å². The predicted molar refractivity (Wildman–Crippen MR) is 98.7 cm³/mol. The largest absolute Gasteiger partial charge is 0.353 e. The summed E-state index contributed by atoms with van der Waals surface area (Å²) in [7, 11) is 0. The fourth-order valence-electron chi connectivity index (χ4n) is 4.74. The maximum atomic E-state index is 12.6. The highest BCUT2D eigenvalue weighted by Gasteiger charge is 2.26. The van der Waals surface area contributed by atoms with Gasteiger partial charge in [-0.1, -0.05) is 32.1 Å². The van der Waals surface area contributed by atoms with Gasteiger partial charge in [-0.25, -0.2) is 9.97 Å². The summed E-state index contributed by atoms with van der Waals surface area (Å²) < 4.78 is 0. The van der Waals surface area contributed by atoms with Crippen molar-refractivity contribution in [2.75, 3.05) is 31.1 Å². The van der Waals surface area contributed by atoms with Crippen molar-refractivity contribution < 1.29 is 4.79 Å². The van der Waals surface area contributed by atoms with Crippen LogP contribution in [-0.2, 0) is 17.6 Å². The number of carbonyl (C=O) groups is 1. The van der Waals surface area contributed by atoms with Gasteiger partial charge in [0.2, 0.25) is 5.91 Å². The Morgan fingerprint density at radius 3 is 2.60 bits per heavy atom. The monoisotopic (exact) mass is 342 g/mol. The van der Waals surface area contributed by atoms with Crippen LogP contribution in [0.15, 0.2) is 6.33 Å². The average molecular weight is 342 g/mol. The smallest absolute Gasteiger partial charge is 0.222 e. The van der Waals surface area contributed by atoms with Crippen LogP contribution in [0.25, 0.3) is 0 Å². The van der Waals surface area contributed by atoms with Crippen molar-refractivity contribution in [2.24, 2.45) is 5.92 Å². The first-order chi connectivity index (χ1) is 12.3. The molecular formula is C20H30N4O. The van der Waals surface area contributed by atoms with Gasteiger partial charge in [-0.15, -0.1) is 0 Å². The molecule has 2 heterocycles. The number of amides is 1. The number of piperazine rings is 1. The molecule has 0 aromatic carbocycles. The number of aromatic nitrogens is 2. The standard InChI is InChI=1S/C20H30N4O/c25-19(10-9-16-5-2-1-3-6-16)23-11-13-24(14-12-23)20-17-7-4-8-18(17)21-15-22-20/h15-16H,1-14H2. The molecular weight excluding hydrogens is 312 g/mol. The molecule has 0 atom stereocenters. The van der Waals surface area contributed by atoms with E-state index in [0.717, 1.165) is 63.6 Å². The molecule has 2 aliphatic carbocycles. The molecule has 1 aliphatic heterocycles. The van der Waals surface area contributed by atoms with E-state index in [2.05, 4.69) is 19.8 Å². The van der Waals surface area contributed by atoms with Crippen LogP contribution in [0.2, 0.25) is 0 Å². The van der Waals surface area contributed by atoms with Crippen molar-refractivity contribution in [3.05, 3.63) is 17.6 Å². The number of fused-ring (bicyclic) bond motifs is 1. The molecule has 25 heavy (non-hydrogen) atoms. The van der Waals surface area contributed by atoms with Gasteiger partial charge in [0.05, 0.1) is 0 Å². The number of nitrogens with zero attached hydrogens (tertiary/aromatic N) is 4. The fraction of sp³-hybridized carbons (Fsp3) is 0.750. The van der Waals surface area contributed by atoms with Crippen molar-refractivity contribution in [1.29, 1.82) is 0 Å². The molecule has 1 saturated heterocycles. The quantitative estimate of drug-likeness (QED) is 0.844. The molecule has 5 heteroatoms. The van der Waals surface area contributed by atoms with E-state index < -0.39 is 0 Å². The minimum absolute atomic E-state index is 0.359. The van der Waals surface area contributed by atoms with Gasteiger partial charge >= 0.3 is 0 Å². The molecule has 0 unspecified atom stereocenters. The maximum Gasteiger partial charge on any atom is 0.222 e. The van der Waals surface area contributed by atoms with Gasteiger partial charge in [0.15, 0.2) is 0 Å². The van der Waals surface area contributed by atoms with Crippen LogP contribution in [0.1, 0.15) is 62.6 Å². The zero-order chi connectivity index (χ0) is 17.1. The third-order valence-corrected chi connectivity index (χ3v) is 6.28. The molecule has 2 fully saturated rings. The highest BCUT2D eigenvalue weighted by atomic mass is 16.2. The second-order valence-corrected chi connectivity index (χ2v) is 7.89. The Labute approximate surface area is 150 Å². The van der Waals surface area contributed by atoms with Crippen molar-refractivity contribution in [3.63, 3.8) is 0 Å². The lowest BCUT2D eigenvalue weighted by molar-refractivity contribution is -0.131. The number of anilines is 1. The Bertz CT molecular complexity index is 604. The van der Waals surface area contributed by atoms with Crippen LogP contribution in [0, 0.1) is 5.92 Å². The Morgan fingerprint density at radius 2 is 1.80 bits per heavy atom. The Kier molecular flexibility index (Phi) is 5.18. The molecule has 1 aromatic rings. The third kappa shape index (κ3) is 3.80. The molecule has 0 N–H and O–H groups in total. The van der Waals surface area contributed by atoms with Gasteiger partial charge in [-0.3, -0.25) is 4.79 Å². The topological polar surface area (TPSA) is 49.3 Å². The first kappa shape index (κ1) is 16.8. The van der Waals surface area contributed by atoms with E-state index in [-0.39, 0.29) is 0 Å². The van der Waals surface area contributed by atoms with Gasteiger partial charge < -0.3 is 9.80 Å². The number of hydrogen-bond donors (Lipinski definition) is 0. The lowest BCUT2D eigenvalue weighted by Gasteiger charge is -2.36. The van der Waals surface area contributed by atoms with E-state index >= 15 is 0 Å². The average Bonchev–Trinajstić information content (AvgIpc) is 3.16. The molecule has 5 nitrogen and oxygen atoms in total. The summed E-state index contributed by atoms with van der Waals surface area (Å²) in [5.74, 6) is 2.28. The fourth-order valence-corrected chi connectivity index (χ4v) is 4.74.